The molecule has 0 aliphatic rings. The fourth-order valence-corrected chi connectivity index (χ4v) is 2.83. The Morgan fingerprint density at radius 2 is 1.62 bits per heavy atom. The lowest BCUT2D eigenvalue weighted by Gasteiger charge is -2.21. The summed E-state index contributed by atoms with van der Waals surface area (Å²) in [4.78, 5) is 11.7. The first-order valence-corrected chi connectivity index (χ1v) is 8.84. The Balaban J connectivity index is 2.05. The van der Waals surface area contributed by atoms with Gasteiger partial charge in [-0.25, -0.2) is 4.98 Å². The molecule has 0 fully saturated rings. The van der Waals surface area contributed by atoms with Gasteiger partial charge in [0.05, 0.1) is 18.5 Å². The van der Waals surface area contributed by atoms with E-state index in [-0.39, 0.29) is 0 Å². The molecule has 5 heteroatoms. The van der Waals surface area contributed by atoms with Gasteiger partial charge >= 0.3 is 0 Å². The molecular weight excluding hydrogens is 324 g/mol. The zero-order valence-corrected chi connectivity index (χ0v) is 15.4. The molecule has 1 aromatic heterocycles. The highest BCUT2D eigenvalue weighted by molar-refractivity contribution is 5.68. The second kappa shape index (κ2) is 8.34. The van der Waals surface area contributed by atoms with Crippen molar-refractivity contribution in [3.05, 3.63) is 60.7 Å². The van der Waals surface area contributed by atoms with Crippen LogP contribution >= 0.6 is 0 Å². The number of nitrogens with one attached hydrogen (secondary N) is 1. The van der Waals surface area contributed by atoms with E-state index in [1.54, 1.807) is 7.11 Å². The molecule has 0 atom stereocenters. The van der Waals surface area contributed by atoms with Gasteiger partial charge in [-0.15, -0.1) is 0 Å². The predicted octanol–water partition coefficient (Wildman–Crippen LogP) is 4.74. The SMILES string of the molecule is CCN(CC)c1cc(-c2ccccc2)nc(Nc2ccccc2OC)n1. The molecule has 1 N–H and O–H groups in total. The van der Waals surface area contributed by atoms with Crippen molar-refractivity contribution in [3.63, 3.8) is 0 Å². The predicted molar refractivity (Wildman–Crippen MR) is 107 cm³/mol. The van der Waals surface area contributed by atoms with Gasteiger partial charge in [-0.05, 0) is 26.0 Å². The summed E-state index contributed by atoms with van der Waals surface area (Å²) >= 11 is 0. The molecule has 0 aliphatic heterocycles. The standard InChI is InChI=1S/C21H24N4O/c1-4-25(5-2)20-15-18(16-11-7-6-8-12-16)23-21(24-20)22-17-13-9-10-14-19(17)26-3/h6-15H,4-5H2,1-3H3,(H,22,23,24). The molecule has 3 aromatic rings. The number of methoxy groups -OCH3 is 1. The van der Waals surface area contributed by atoms with Gasteiger partial charge in [-0.1, -0.05) is 42.5 Å². The quantitative estimate of drug-likeness (QED) is 0.668. The number of aromatic nitrogens is 2. The third-order valence-electron chi connectivity index (χ3n) is 4.22. The molecule has 5 nitrogen and oxygen atoms in total. The minimum atomic E-state index is 0.553. The van der Waals surface area contributed by atoms with E-state index in [9.17, 15) is 0 Å². The highest BCUT2D eigenvalue weighted by atomic mass is 16.5. The molecule has 0 saturated carbocycles. The number of para-hydroxylation sites is 2. The van der Waals surface area contributed by atoms with Crippen LogP contribution in [0.15, 0.2) is 60.7 Å². The van der Waals surface area contributed by atoms with Gasteiger partial charge in [0, 0.05) is 24.7 Å². The number of ether oxygens (including phenoxy) is 1. The van der Waals surface area contributed by atoms with Crippen LogP contribution in [0.3, 0.4) is 0 Å². The lowest BCUT2D eigenvalue weighted by atomic mass is 10.1. The van der Waals surface area contributed by atoms with Crippen molar-refractivity contribution in [2.24, 2.45) is 0 Å². The van der Waals surface area contributed by atoms with Crippen molar-refractivity contribution in [1.82, 2.24) is 9.97 Å². The van der Waals surface area contributed by atoms with Crippen LogP contribution in [0.1, 0.15) is 13.8 Å². The third-order valence-corrected chi connectivity index (χ3v) is 4.22. The van der Waals surface area contributed by atoms with Crippen molar-refractivity contribution < 1.29 is 4.74 Å². The van der Waals surface area contributed by atoms with E-state index in [0.717, 1.165) is 41.6 Å². The fraction of sp³-hybridized carbons (Fsp3) is 0.238. The third kappa shape index (κ3) is 3.94. The van der Waals surface area contributed by atoms with Gasteiger partial charge in [0.1, 0.15) is 11.6 Å². The summed E-state index contributed by atoms with van der Waals surface area (Å²) in [6.45, 7) is 6.02. The molecule has 2 aromatic carbocycles. The van der Waals surface area contributed by atoms with Crippen molar-refractivity contribution >= 4 is 17.5 Å². The Labute approximate surface area is 154 Å². The fourth-order valence-electron chi connectivity index (χ4n) is 2.83. The minimum absolute atomic E-state index is 0.553. The molecule has 0 radical (unpaired) electrons. The summed E-state index contributed by atoms with van der Waals surface area (Å²) in [5.74, 6) is 2.21. The van der Waals surface area contributed by atoms with Crippen molar-refractivity contribution in [2.75, 3.05) is 30.4 Å². The Morgan fingerprint density at radius 3 is 2.31 bits per heavy atom. The molecule has 0 saturated heterocycles. The van der Waals surface area contributed by atoms with Crippen LogP contribution in [0.4, 0.5) is 17.5 Å². The molecule has 26 heavy (non-hydrogen) atoms. The van der Waals surface area contributed by atoms with Crippen molar-refractivity contribution in [1.29, 1.82) is 0 Å². The highest BCUT2D eigenvalue weighted by Gasteiger charge is 2.12. The Hall–Kier alpha value is -3.08. The minimum Gasteiger partial charge on any atom is -0.495 e. The number of benzene rings is 2. The van der Waals surface area contributed by atoms with E-state index in [2.05, 4.69) is 36.2 Å². The zero-order valence-electron chi connectivity index (χ0n) is 15.4. The van der Waals surface area contributed by atoms with Crippen LogP contribution in [0.25, 0.3) is 11.3 Å². The maximum atomic E-state index is 5.42. The summed E-state index contributed by atoms with van der Waals surface area (Å²) in [5.41, 5.74) is 2.79. The molecule has 0 bridgehead atoms. The Kier molecular flexibility index (Phi) is 5.69. The molecule has 134 valence electrons. The van der Waals surface area contributed by atoms with Gasteiger partial charge < -0.3 is 15.0 Å². The lowest BCUT2D eigenvalue weighted by Crippen LogP contribution is -2.23. The van der Waals surface area contributed by atoms with Crippen LogP contribution in [-0.2, 0) is 0 Å². The van der Waals surface area contributed by atoms with E-state index in [4.69, 9.17) is 14.7 Å². The molecule has 0 unspecified atom stereocenters. The van der Waals surface area contributed by atoms with Gasteiger partial charge in [0.2, 0.25) is 5.95 Å². The number of hydrogen-bond donors (Lipinski definition) is 1. The first-order valence-electron chi connectivity index (χ1n) is 8.84. The van der Waals surface area contributed by atoms with E-state index >= 15 is 0 Å². The average molecular weight is 348 g/mol. The van der Waals surface area contributed by atoms with Gasteiger partial charge in [-0.3, -0.25) is 0 Å². The van der Waals surface area contributed by atoms with E-state index in [1.807, 2.05) is 48.5 Å². The monoisotopic (exact) mass is 348 g/mol. The molecular formula is C21H24N4O. The van der Waals surface area contributed by atoms with Gasteiger partial charge in [-0.2, -0.15) is 4.98 Å². The molecule has 0 spiro atoms. The Bertz CT molecular complexity index is 848. The van der Waals surface area contributed by atoms with Gasteiger partial charge in [0.15, 0.2) is 0 Å². The van der Waals surface area contributed by atoms with Crippen LogP contribution in [-0.4, -0.2) is 30.2 Å². The first-order chi connectivity index (χ1) is 12.7. The number of hydrogen-bond acceptors (Lipinski definition) is 5. The first kappa shape index (κ1) is 17.7. The Morgan fingerprint density at radius 1 is 0.923 bits per heavy atom. The largest absolute Gasteiger partial charge is 0.495 e. The maximum Gasteiger partial charge on any atom is 0.229 e. The highest BCUT2D eigenvalue weighted by Crippen LogP contribution is 2.28. The maximum absolute atomic E-state index is 5.42. The normalized spacial score (nSPS) is 10.4. The second-order valence-electron chi connectivity index (χ2n) is 5.80. The van der Waals surface area contributed by atoms with Crippen molar-refractivity contribution in [2.45, 2.75) is 13.8 Å². The van der Waals surface area contributed by atoms with E-state index < -0.39 is 0 Å². The summed E-state index contributed by atoms with van der Waals surface area (Å²) in [6.07, 6.45) is 0. The second-order valence-corrected chi connectivity index (χ2v) is 5.80. The molecule has 0 aliphatic carbocycles. The van der Waals surface area contributed by atoms with E-state index in [0.29, 0.717) is 5.95 Å². The summed E-state index contributed by atoms with van der Waals surface area (Å²) in [7, 11) is 1.66. The van der Waals surface area contributed by atoms with Crippen LogP contribution in [0, 0.1) is 0 Å². The number of nitrogens with zero attached hydrogens (tertiary/aromatic N) is 3. The summed E-state index contributed by atoms with van der Waals surface area (Å²) < 4.78 is 5.42. The zero-order chi connectivity index (χ0) is 18.4. The average Bonchev–Trinajstić information content (AvgIpc) is 2.70. The molecule has 3 rings (SSSR count). The van der Waals surface area contributed by atoms with Crippen LogP contribution in [0.5, 0.6) is 5.75 Å². The molecule has 1 heterocycles. The van der Waals surface area contributed by atoms with Gasteiger partial charge in [0.25, 0.3) is 0 Å². The smallest absolute Gasteiger partial charge is 0.229 e. The van der Waals surface area contributed by atoms with Crippen LogP contribution in [0.2, 0.25) is 0 Å². The van der Waals surface area contributed by atoms with E-state index in [1.165, 1.54) is 0 Å². The summed E-state index contributed by atoms with van der Waals surface area (Å²) in [5, 5.41) is 3.30. The molecule has 0 amide bonds. The lowest BCUT2D eigenvalue weighted by molar-refractivity contribution is 0.417. The van der Waals surface area contributed by atoms with Crippen molar-refractivity contribution in [3.8, 4) is 17.0 Å². The van der Waals surface area contributed by atoms with Crippen LogP contribution < -0.4 is 15.0 Å². The number of anilines is 3. The summed E-state index contributed by atoms with van der Waals surface area (Å²) in [6, 6.07) is 19.9. The number of rotatable bonds is 7. The topological polar surface area (TPSA) is 50.3 Å².